The molecule has 0 aliphatic rings. The van der Waals surface area contributed by atoms with Crippen molar-refractivity contribution in [1.29, 1.82) is 0 Å². The lowest BCUT2D eigenvalue weighted by Gasteiger charge is -2.09. The molecule has 2 aromatic rings. The van der Waals surface area contributed by atoms with Crippen molar-refractivity contribution in [2.24, 2.45) is 0 Å². The van der Waals surface area contributed by atoms with E-state index in [4.69, 9.17) is 11.6 Å². The number of rotatable bonds is 3. The molecule has 0 unspecified atom stereocenters. The third-order valence-electron chi connectivity index (χ3n) is 2.48. The Balaban J connectivity index is 2.16. The van der Waals surface area contributed by atoms with Gasteiger partial charge in [0.15, 0.2) is 0 Å². The quantitative estimate of drug-likeness (QED) is 0.868. The van der Waals surface area contributed by atoms with E-state index in [1.165, 1.54) is 0 Å². The van der Waals surface area contributed by atoms with Gasteiger partial charge in [0, 0.05) is 10.4 Å². The minimum Gasteiger partial charge on any atom is -0.333 e. The molecule has 2 N–H and O–H groups in total. The van der Waals surface area contributed by atoms with E-state index in [9.17, 15) is 4.79 Å². The van der Waals surface area contributed by atoms with Gasteiger partial charge < -0.3 is 10.6 Å². The molecule has 0 fully saturated rings. The van der Waals surface area contributed by atoms with Crippen molar-refractivity contribution < 1.29 is 4.79 Å². The Labute approximate surface area is 110 Å². The number of hydrogen-bond donors (Lipinski definition) is 2. The molecule has 18 heavy (non-hydrogen) atoms. The maximum Gasteiger partial charge on any atom is 0.319 e. The molecule has 0 saturated carbocycles. The van der Waals surface area contributed by atoms with Gasteiger partial charge in [0.1, 0.15) is 0 Å². The molecule has 4 heteroatoms. The van der Waals surface area contributed by atoms with Crippen LogP contribution in [0, 0.1) is 0 Å². The predicted octanol–water partition coefficient (Wildman–Crippen LogP) is 3.71. The van der Waals surface area contributed by atoms with Crippen molar-refractivity contribution in [2.45, 2.75) is 0 Å². The molecule has 92 valence electrons. The van der Waals surface area contributed by atoms with Crippen LogP contribution in [-0.2, 0) is 0 Å². The molecule has 0 atom stereocenters. The molecule has 0 radical (unpaired) electrons. The molecule has 2 aromatic carbocycles. The third-order valence-corrected chi connectivity index (χ3v) is 2.61. The van der Waals surface area contributed by atoms with Gasteiger partial charge in [-0.3, -0.25) is 0 Å². The highest BCUT2D eigenvalue weighted by Gasteiger charge is 2.04. The zero-order chi connectivity index (χ0) is 13.0. The van der Waals surface area contributed by atoms with E-state index in [1.54, 1.807) is 0 Å². The number of anilines is 1. The monoisotopic (exact) mass is 260 g/mol. The van der Waals surface area contributed by atoms with Crippen molar-refractivity contribution in [3.8, 4) is 0 Å². The van der Waals surface area contributed by atoms with E-state index in [0.29, 0.717) is 5.03 Å². The van der Waals surface area contributed by atoms with Crippen molar-refractivity contribution in [1.82, 2.24) is 5.32 Å². The molecule has 0 spiro atoms. The summed E-state index contributed by atoms with van der Waals surface area (Å²) in [6, 6.07) is 13.3. The van der Waals surface area contributed by atoms with Gasteiger partial charge in [-0.15, -0.1) is 0 Å². The number of carbonyl (C=O) groups is 1. The first kappa shape index (κ1) is 12.5. The van der Waals surface area contributed by atoms with Gasteiger partial charge >= 0.3 is 6.03 Å². The van der Waals surface area contributed by atoms with Crippen LogP contribution in [0.4, 0.5) is 10.5 Å². The van der Waals surface area contributed by atoms with Gasteiger partial charge in [0.25, 0.3) is 0 Å². The summed E-state index contributed by atoms with van der Waals surface area (Å²) in [6.07, 6.45) is 0. The Morgan fingerprint density at radius 1 is 1.17 bits per heavy atom. The number of urea groups is 1. The molecule has 0 aromatic heterocycles. The summed E-state index contributed by atoms with van der Waals surface area (Å²) in [6.45, 7) is 3.76. The summed E-state index contributed by atoms with van der Waals surface area (Å²) in [5.74, 6) is 0. The summed E-state index contributed by atoms with van der Waals surface area (Å²) in [5, 5.41) is 7.88. The van der Waals surface area contributed by atoms with E-state index in [-0.39, 0.29) is 12.6 Å². The number of fused-ring (bicyclic) bond motifs is 1. The standard InChI is InChI=1S/C14H13ClN2O/c1-10(15)9-16-14(18)17-13-8-4-6-11-5-2-3-7-12(11)13/h2-8H,1,9H2,(H2,16,17,18). The Bertz CT molecular complexity index is 590. The van der Waals surface area contributed by atoms with E-state index in [2.05, 4.69) is 17.2 Å². The van der Waals surface area contributed by atoms with Crippen LogP contribution >= 0.6 is 11.6 Å². The second-order valence-electron chi connectivity index (χ2n) is 3.85. The molecular formula is C14H13ClN2O. The van der Waals surface area contributed by atoms with Crippen LogP contribution in [0.3, 0.4) is 0 Å². The van der Waals surface area contributed by atoms with Gasteiger partial charge in [-0.1, -0.05) is 54.6 Å². The van der Waals surface area contributed by atoms with Gasteiger partial charge in [-0.2, -0.15) is 0 Å². The molecule has 0 aliphatic carbocycles. The topological polar surface area (TPSA) is 41.1 Å². The normalized spacial score (nSPS) is 10.1. The van der Waals surface area contributed by atoms with Crippen LogP contribution in [0.15, 0.2) is 54.1 Å². The summed E-state index contributed by atoms with van der Waals surface area (Å²) in [4.78, 5) is 11.6. The van der Waals surface area contributed by atoms with Crippen LogP contribution in [-0.4, -0.2) is 12.6 Å². The van der Waals surface area contributed by atoms with Crippen molar-refractivity contribution in [2.75, 3.05) is 11.9 Å². The highest BCUT2D eigenvalue weighted by Crippen LogP contribution is 2.22. The highest BCUT2D eigenvalue weighted by molar-refractivity contribution is 6.29. The molecule has 0 aliphatic heterocycles. The molecular weight excluding hydrogens is 248 g/mol. The fraction of sp³-hybridized carbons (Fsp3) is 0.0714. The van der Waals surface area contributed by atoms with Gasteiger partial charge in [-0.25, -0.2) is 4.79 Å². The average molecular weight is 261 g/mol. The number of halogens is 1. The van der Waals surface area contributed by atoms with E-state index in [0.717, 1.165) is 16.5 Å². The number of amides is 2. The zero-order valence-corrected chi connectivity index (χ0v) is 10.5. The largest absolute Gasteiger partial charge is 0.333 e. The molecule has 3 nitrogen and oxygen atoms in total. The highest BCUT2D eigenvalue weighted by atomic mass is 35.5. The number of benzene rings is 2. The van der Waals surface area contributed by atoms with Gasteiger partial charge in [0.05, 0.1) is 12.2 Å². The van der Waals surface area contributed by atoms with Crippen LogP contribution in [0.1, 0.15) is 0 Å². The summed E-state index contributed by atoms with van der Waals surface area (Å²) < 4.78 is 0. The first-order valence-electron chi connectivity index (χ1n) is 5.53. The van der Waals surface area contributed by atoms with Crippen LogP contribution in [0.2, 0.25) is 0 Å². The van der Waals surface area contributed by atoms with E-state index >= 15 is 0 Å². The SMILES string of the molecule is C=C(Cl)CNC(=O)Nc1cccc2ccccc12. The van der Waals surface area contributed by atoms with Crippen LogP contribution in [0.5, 0.6) is 0 Å². The lowest BCUT2D eigenvalue weighted by atomic mass is 10.1. The number of carbonyl (C=O) groups excluding carboxylic acids is 1. The van der Waals surface area contributed by atoms with Crippen LogP contribution < -0.4 is 10.6 Å². The van der Waals surface area contributed by atoms with Gasteiger partial charge in [0.2, 0.25) is 0 Å². The summed E-state index contributed by atoms with van der Waals surface area (Å²) in [7, 11) is 0. The Morgan fingerprint density at radius 2 is 1.89 bits per heavy atom. The maximum absolute atomic E-state index is 11.6. The third kappa shape index (κ3) is 3.02. The fourth-order valence-electron chi connectivity index (χ4n) is 1.68. The fourth-order valence-corrected chi connectivity index (χ4v) is 1.74. The number of hydrogen-bond acceptors (Lipinski definition) is 1. The van der Waals surface area contributed by atoms with E-state index < -0.39 is 0 Å². The lowest BCUT2D eigenvalue weighted by Crippen LogP contribution is -2.29. The summed E-state index contributed by atoms with van der Waals surface area (Å²) >= 11 is 5.58. The van der Waals surface area contributed by atoms with Gasteiger partial charge in [-0.05, 0) is 11.5 Å². The zero-order valence-electron chi connectivity index (χ0n) is 9.74. The Hall–Kier alpha value is -2.00. The smallest absolute Gasteiger partial charge is 0.319 e. The molecule has 2 amide bonds. The molecule has 0 saturated heterocycles. The van der Waals surface area contributed by atoms with Crippen molar-refractivity contribution >= 4 is 34.1 Å². The second kappa shape index (κ2) is 5.56. The minimum atomic E-state index is -0.298. The molecule has 2 rings (SSSR count). The Morgan fingerprint density at radius 3 is 2.67 bits per heavy atom. The first-order chi connectivity index (χ1) is 8.66. The van der Waals surface area contributed by atoms with Crippen LogP contribution in [0.25, 0.3) is 10.8 Å². The molecule has 0 heterocycles. The molecule has 0 bridgehead atoms. The maximum atomic E-state index is 11.6. The van der Waals surface area contributed by atoms with E-state index in [1.807, 2.05) is 42.5 Å². The summed E-state index contributed by atoms with van der Waals surface area (Å²) in [5.41, 5.74) is 0.769. The Kier molecular flexibility index (Phi) is 3.85. The second-order valence-corrected chi connectivity index (χ2v) is 4.39. The number of nitrogens with one attached hydrogen (secondary N) is 2. The van der Waals surface area contributed by atoms with Crippen molar-refractivity contribution in [3.63, 3.8) is 0 Å². The first-order valence-corrected chi connectivity index (χ1v) is 5.90. The average Bonchev–Trinajstić information content (AvgIpc) is 2.37. The minimum absolute atomic E-state index is 0.248. The van der Waals surface area contributed by atoms with Crippen molar-refractivity contribution in [3.05, 3.63) is 54.1 Å². The predicted molar refractivity (Wildman–Crippen MR) is 76.0 cm³/mol. The lowest BCUT2D eigenvalue weighted by molar-refractivity contribution is 0.253.